The number of benzene rings is 2. The first-order valence-electron chi connectivity index (χ1n) is 13.1. The van der Waals surface area contributed by atoms with Crippen molar-refractivity contribution in [2.45, 2.75) is 49.6 Å². The molecule has 2 aromatic carbocycles. The van der Waals surface area contributed by atoms with Crippen LogP contribution in [-0.2, 0) is 10.1 Å². The minimum Gasteiger partial charge on any atom is -0.351 e. The highest BCUT2D eigenvalue weighted by Crippen LogP contribution is 2.38. The van der Waals surface area contributed by atoms with Crippen LogP contribution < -0.4 is 16.4 Å². The fraction of sp³-hybridized carbons (Fsp3) is 0.286. The lowest BCUT2D eigenvalue weighted by molar-refractivity contribution is -0.0794. The van der Waals surface area contributed by atoms with Crippen molar-refractivity contribution in [2.75, 3.05) is 11.9 Å². The van der Waals surface area contributed by atoms with Crippen LogP contribution in [0.4, 0.5) is 14.7 Å². The summed E-state index contributed by atoms with van der Waals surface area (Å²) in [7, 11) is -4.02. The molecule has 0 saturated heterocycles. The molecule has 5 N–H and O–H groups in total. The van der Waals surface area contributed by atoms with E-state index in [-0.39, 0.29) is 42.0 Å². The number of imidazole rings is 1. The molecule has 0 aliphatic heterocycles. The monoisotopic (exact) mass is 633 g/mol. The number of nitrogens with zero attached hydrogens (tertiary/aromatic N) is 4. The molecule has 2 aromatic heterocycles. The Labute approximate surface area is 252 Å². The van der Waals surface area contributed by atoms with Crippen molar-refractivity contribution in [2.24, 2.45) is 5.73 Å². The quantitative estimate of drug-likeness (QED) is 0.204. The second-order valence-electron chi connectivity index (χ2n) is 10.1. The van der Waals surface area contributed by atoms with Gasteiger partial charge in [-0.2, -0.15) is 13.4 Å². The van der Waals surface area contributed by atoms with E-state index in [1.54, 1.807) is 48.0 Å². The van der Waals surface area contributed by atoms with E-state index in [9.17, 15) is 22.0 Å². The Balaban J connectivity index is 0.000000324. The third kappa shape index (κ3) is 8.54. The van der Waals surface area contributed by atoms with Gasteiger partial charge in [0.25, 0.3) is 21.9 Å². The summed E-state index contributed by atoms with van der Waals surface area (Å²) in [6, 6.07) is 12.3. The van der Waals surface area contributed by atoms with Crippen LogP contribution in [-0.4, -0.2) is 56.9 Å². The molecule has 5 rings (SSSR count). The van der Waals surface area contributed by atoms with Crippen LogP contribution in [0.1, 0.15) is 46.1 Å². The maximum atomic E-state index is 13.1. The summed E-state index contributed by atoms with van der Waals surface area (Å²) in [5.41, 5.74) is 8.49. The summed E-state index contributed by atoms with van der Waals surface area (Å²) < 4.78 is 57.3. The topological polar surface area (TPSA) is 165 Å². The largest absolute Gasteiger partial charge is 0.351 e. The van der Waals surface area contributed by atoms with E-state index in [4.69, 9.17) is 21.9 Å². The standard InChI is InChI=1S/C21H22ClF2N7O.C7H8O3S/c1-12-9-26-20(28-15-6-21(23,24)7-15)30-18(12)31-10-17(27-11-31)19(32)29-16(8-25)13-3-2-4-14(22)5-13;1-6-2-4-7(5-3-6)11(8,9)10/h2-5,9-11,15-16H,6-8,25H2,1H3,(H,29,32)(H,26,28,30);2-5H,1H3,(H,8,9,10). The van der Waals surface area contributed by atoms with Crippen LogP contribution in [0, 0.1) is 13.8 Å². The summed E-state index contributed by atoms with van der Waals surface area (Å²) in [5.74, 6) is -2.30. The van der Waals surface area contributed by atoms with E-state index in [0.29, 0.717) is 10.8 Å². The summed E-state index contributed by atoms with van der Waals surface area (Å²) >= 11 is 6.03. The molecule has 0 bridgehead atoms. The molecule has 1 atom stereocenters. The molecule has 1 aliphatic carbocycles. The molecule has 1 saturated carbocycles. The van der Waals surface area contributed by atoms with Gasteiger partial charge in [-0.1, -0.05) is 41.4 Å². The van der Waals surface area contributed by atoms with Crippen LogP contribution in [0.2, 0.25) is 5.02 Å². The third-order valence-electron chi connectivity index (χ3n) is 6.54. The van der Waals surface area contributed by atoms with Gasteiger partial charge in [-0.25, -0.2) is 18.7 Å². The van der Waals surface area contributed by atoms with Gasteiger partial charge in [0, 0.05) is 48.4 Å². The van der Waals surface area contributed by atoms with Gasteiger partial charge in [0.1, 0.15) is 17.8 Å². The summed E-state index contributed by atoms with van der Waals surface area (Å²) in [4.78, 5) is 25.4. The first-order valence-corrected chi connectivity index (χ1v) is 14.9. The van der Waals surface area contributed by atoms with E-state index in [1.807, 2.05) is 13.0 Å². The van der Waals surface area contributed by atoms with Crippen molar-refractivity contribution in [1.82, 2.24) is 24.8 Å². The smallest absolute Gasteiger partial charge is 0.294 e. The van der Waals surface area contributed by atoms with Crippen molar-refractivity contribution in [3.05, 3.63) is 94.7 Å². The number of hydrogen-bond donors (Lipinski definition) is 4. The van der Waals surface area contributed by atoms with Gasteiger partial charge in [0.2, 0.25) is 5.95 Å². The van der Waals surface area contributed by atoms with Gasteiger partial charge in [0.05, 0.1) is 10.9 Å². The van der Waals surface area contributed by atoms with Crippen LogP contribution >= 0.6 is 11.6 Å². The van der Waals surface area contributed by atoms with Crippen LogP contribution in [0.3, 0.4) is 0 Å². The molecule has 1 aliphatic rings. The van der Waals surface area contributed by atoms with Crippen LogP contribution in [0.5, 0.6) is 0 Å². The lowest BCUT2D eigenvalue weighted by Crippen LogP contribution is -2.44. The maximum Gasteiger partial charge on any atom is 0.294 e. The highest BCUT2D eigenvalue weighted by atomic mass is 35.5. The summed E-state index contributed by atoms with van der Waals surface area (Å²) in [5, 5.41) is 6.32. The number of carbonyl (C=O) groups excluding carboxylic acids is 1. The number of aryl methyl sites for hydroxylation is 2. The number of nitrogens with one attached hydrogen (secondary N) is 2. The molecule has 228 valence electrons. The van der Waals surface area contributed by atoms with Crippen molar-refractivity contribution >= 4 is 33.6 Å². The normalized spacial score (nSPS) is 15.0. The zero-order valence-corrected chi connectivity index (χ0v) is 24.8. The predicted molar refractivity (Wildman–Crippen MR) is 157 cm³/mol. The second kappa shape index (κ2) is 13.1. The number of rotatable bonds is 8. The fourth-order valence-corrected chi connectivity index (χ4v) is 4.89. The first kappa shape index (κ1) is 31.9. The highest BCUT2D eigenvalue weighted by molar-refractivity contribution is 7.85. The molecule has 11 nitrogen and oxygen atoms in total. The number of nitrogens with two attached hydrogens (primary N) is 1. The Bertz CT molecular complexity index is 1690. The average Bonchev–Trinajstić information content (AvgIpc) is 3.42. The van der Waals surface area contributed by atoms with Gasteiger partial charge in [-0.05, 0) is 43.7 Å². The zero-order chi connectivity index (χ0) is 31.4. The number of aromatic nitrogens is 4. The number of halogens is 3. The Kier molecular flexibility index (Phi) is 9.75. The number of anilines is 1. The van der Waals surface area contributed by atoms with E-state index >= 15 is 0 Å². The van der Waals surface area contributed by atoms with E-state index in [1.165, 1.54) is 24.7 Å². The number of amides is 1. The highest BCUT2D eigenvalue weighted by Gasteiger charge is 2.45. The minimum atomic E-state index is -4.02. The molecule has 4 aromatic rings. The lowest BCUT2D eigenvalue weighted by Gasteiger charge is -2.35. The number of alkyl halides is 2. The lowest BCUT2D eigenvalue weighted by atomic mass is 9.88. The molecule has 1 amide bonds. The van der Waals surface area contributed by atoms with E-state index < -0.39 is 28.0 Å². The van der Waals surface area contributed by atoms with Gasteiger partial charge in [-0.15, -0.1) is 0 Å². The van der Waals surface area contributed by atoms with Gasteiger partial charge in [0.15, 0.2) is 0 Å². The molecule has 43 heavy (non-hydrogen) atoms. The van der Waals surface area contributed by atoms with Crippen molar-refractivity contribution in [1.29, 1.82) is 0 Å². The summed E-state index contributed by atoms with van der Waals surface area (Å²) in [6.45, 7) is 3.83. The SMILES string of the molecule is Cc1ccc(S(=O)(=O)O)cc1.Cc1cnc(NC2CC(F)(F)C2)nc1-n1cnc(C(=O)NC(CN)c2cccc(Cl)c2)c1. The van der Waals surface area contributed by atoms with E-state index in [0.717, 1.165) is 16.7 Å². The second-order valence-corrected chi connectivity index (χ2v) is 11.9. The molecule has 1 unspecified atom stereocenters. The van der Waals surface area contributed by atoms with Crippen molar-refractivity contribution in [3.8, 4) is 5.82 Å². The van der Waals surface area contributed by atoms with Crippen molar-refractivity contribution < 1.29 is 26.5 Å². The third-order valence-corrected chi connectivity index (χ3v) is 7.64. The Morgan fingerprint density at radius 1 is 1.19 bits per heavy atom. The molecular formula is C28H30ClF2N7O4S. The minimum absolute atomic E-state index is 0.0666. The molecule has 1 fully saturated rings. The number of hydrogen-bond acceptors (Lipinski definition) is 8. The van der Waals surface area contributed by atoms with Gasteiger partial charge < -0.3 is 16.4 Å². The zero-order valence-electron chi connectivity index (χ0n) is 23.2. The van der Waals surface area contributed by atoms with Crippen molar-refractivity contribution in [3.63, 3.8) is 0 Å². The Morgan fingerprint density at radius 3 is 2.49 bits per heavy atom. The average molecular weight is 634 g/mol. The molecule has 15 heteroatoms. The van der Waals surface area contributed by atoms with Crippen LogP contribution in [0.15, 0.2) is 72.1 Å². The fourth-order valence-electron chi connectivity index (χ4n) is 4.21. The Hall–Kier alpha value is -3.98. The first-order chi connectivity index (χ1) is 20.2. The van der Waals surface area contributed by atoms with Crippen LogP contribution in [0.25, 0.3) is 5.82 Å². The van der Waals surface area contributed by atoms with Gasteiger partial charge in [-0.3, -0.25) is 13.9 Å². The number of carbonyl (C=O) groups is 1. The molecule has 0 spiro atoms. The molecule has 2 heterocycles. The van der Waals surface area contributed by atoms with E-state index in [2.05, 4.69) is 25.6 Å². The maximum absolute atomic E-state index is 13.1. The summed E-state index contributed by atoms with van der Waals surface area (Å²) in [6.07, 6.45) is 4.10. The molecular weight excluding hydrogens is 604 g/mol. The Morgan fingerprint density at radius 2 is 1.88 bits per heavy atom. The predicted octanol–water partition coefficient (Wildman–Crippen LogP) is 4.51. The molecule has 0 radical (unpaired) electrons. The van der Waals surface area contributed by atoms with Gasteiger partial charge >= 0.3 is 0 Å².